The summed E-state index contributed by atoms with van der Waals surface area (Å²) in [5, 5.41) is 2.78. The fraction of sp³-hybridized carbons (Fsp3) is 0.333. The maximum Gasteiger partial charge on any atom is 0.258 e. The zero-order valence-corrected chi connectivity index (χ0v) is 15.2. The molecule has 2 aromatic rings. The fourth-order valence-electron chi connectivity index (χ4n) is 2.75. The standard InChI is InChI=1S/C18H21N5O4/c1-26-15-4-3-14(9-16(15)27-2)21-17(25)13-10-19-18(20-11-13)23-7-5-22(12-24)6-8-23/h3-4,9-12H,5-8H2,1-2H3,(H,21,25). The third kappa shape index (κ3) is 4.25. The van der Waals surface area contributed by atoms with Gasteiger partial charge in [-0.1, -0.05) is 0 Å². The Labute approximate surface area is 156 Å². The highest BCUT2D eigenvalue weighted by Gasteiger charge is 2.18. The molecule has 3 rings (SSSR count). The Hall–Kier alpha value is -3.36. The Morgan fingerprint density at radius 3 is 2.33 bits per heavy atom. The number of benzene rings is 1. The lowest BCUT2D eigenvalue weighted by Crippen LogP contribution is -2.46. The van der Waals surface area contributed by atoms with Crippen LogP contribution in [0.3, 0.4) is 0 Å². The van der Waals surface area contributed by atoms with Crippen LogP contribution in [0.2, 0.25) is 0 Å². The zero-order chi connectivity index (χ0) is 19.2. The molecule has 9 heteroatoms. The van der Waals surface area contributed by atoms with E-state index in [9.17, 15) is 9.59 Å². The molecule has 0 atom stereocenters. The molecule has 1 aromatic carbocycles. The van der Waals surface area contributed by atoms with Gasteiger partial charge >= 0.3 is 0 Å². The number of rotatable bonds is 6. The predicted molar refractivity (Wildman–Crippen MR) is 99.4 cm³/mol. The molecule has 2 amide bonds. The van der Waals surface area contributed by atoms with E-state index in [0.29, 0.717) is 54.9 Å². The highest BCUT2D eigenvalue weighted by Crippen LogP contribution is 2.29. The normalized spacial score (nSPS) is 13.9. The van der Waals surface area contributed by atoms with Crippen molar-refractivity contribution in [3.05, 3.63) is 36.2 Å². The van der Waals surface area contributed by atoms with Gasteiger partial charge in [-0.2, -0.15) is 0 Å². The number of carbonyl (C=O) groups excluding carboxylic acids is 2. The van der Waals surface area contributed by atoms with Crippen molar-refractivity contribution in [3.8, 4) is 11.5 Å². The number of nitrogens with zero attached hydrogens (tertiary/aromatic N) is 4. The molecule has 0 spiro atoms. The van der Waals surface area contributed by atoms with Gasteiger partial charge in [0.25, 0.3) is 5.91 Å². The van der Waals surface area contributed by atoms with E-state index in [1.165, 1.54) is 19.5 Å². The molecule has 1 N–H and O–H groups in total. The van der Waals surface area contributed by atoms with Crippen molar-refractivity contribution in [1.82, 2.24) is 14.9 Å². The highest BCUT2D eigenvalue weighted by molar-refractivity contribution is 6.04. The van der Waals surface area contributed by atoms with Gasteiger partial charge in [-0.25, -0.2) is 9.97 Å². The number of aromatic nitrogens is 2. The summed E-state index contributed by atoms with van der Waals surface area (Å²) in [4.78, 5) is 35.4. The highest BCUT2D eigenvalue weighted by atomic mass is 16.5. The summed E-state index contributed by atoms with van der Waals surface area (Å²) in [6, 6.07) is 5.12. The van der Waals surface area contributed by atoms with Crippen LogP contribution in [0.1, 0.15) is 10.4 Å². The second kappa shape index (κ2) is 8.35. The van der Waals surface area contributed by atoms with E-state index in [1.54, 1.807) is 30.2 Å². The van der Waals surface area contributed by atoms with E-state index in [1.807, 2.05) is 4.90 Å². The zero-order valence-electron chi connectivity index (χ0n) is 15.2. The van der Waals surface area contributed by atoms with Gasteiger partial charge in [-0.15, -0.1) is 0 Å². The molecular weight excluding hydrogens is 350 g/mol. The number of carbonyl (C=O) groups is 2. The molecule has 1 saturated heterocycles. The number of hydrogen-bond acceptors (Lipinski definition) is 7. The van der Waals surface area contributed by atoms with Gasteiger partial charge in [0.15, 0.2) is 11.5 Å². The molecular formula is C18H21N5O4. The average molecular weight is 371 g/mol. The summed E-state index contributed by atoms with van der Waals surface area (Å²) in [5.41, 5.74) is 0.923. The summed E-state index contributed by atoms with van der Waals surface area (Å²) in [6.45, 7) is 2.59. The molecule has 0 saturated carbocycles. The molecule has 0 radical (unpaired) electrons. The van der Waals surface area contributed by atoms with Crippen molar-refractivity contribution in [2.75, 3.05) is 50.6 Å². The van der Waals surface area contributed by atoms with E-state index >= 15 is 0 Å². The van der Waals surface area contributed by atoms with Crippen LogP contribution in [0, 0.1) is 0 Å². The van der Waals surface area contributed by atoms with Crippen LogP contribution in [0.5, 0.6) is 11.5 Å². The van der Waals surface area contributed by atoms with E-state index in [0.717, 1.165) is 6.41 Å². The van der Waals surface area contributed by atoms with Gasteiger partial charge in [0.1, 0.15) is 0 Å². The van der Waals surface area contributed by atoms with Crippen LogP contribution >= 0.6 is 0 Å². The first-order valence-electron chi connectivity index (χ1n) is 8.44. The minimum absolute atomic E-state index is 0.320. The van der Waals surface area contributed by atoms with E-state index < -0.39 is 0 Å². The van der Waals surface area contributed by atoms with Crippen molar-refractivity contribution in [1.29, 1.82) is 0 Å². The van der Waals surface area contributed by atoms with Gasteiger partial charge in [0.05, 0.1) is 19.8 Å². The number of nitrogens with one attached hydrogen (secondary N) is 1. The first-order chi connectivity index (χ1) is 13.1. The molecule has 0 aliphatic carbocycles. The number of amides is 2. The number of anilines is 2. The Balaban J connectivity index is 1.65. The summed E-state index contributed by atoms with van der Waals surface area (Å²) in [6.07, 6.45) is 3.83. The van der Waals surface area contributed by atoms with Crippen LogP contribution in [0.25, 0.3) is 0 Å². The summed E-state index contributed by atoms with van der Waals surface area (Å²) in [7, 11) is 3.08. The van der Waals surface area contributed by atoms with Crippen molar-refractivity contribution in [2.24, 2.45) is 0 Å². The largest absolute Gasteiger partial charge is 0.493 e. The van der Waals surface area contributed by atoms with Crippen LogP contribution in [0.4, 0.5) is 11.6 Å². The first kappa shape index (κ1) is 18.4. The fourth-order valence-corrected chi connectivity index (χ4v) is 2.75. The van der Waals surface area contributed by atoms with Crippen molar-refractivity contribution in [2.45, 2.75) is 0 Å². The van der Waals surface area contributed by atoms with Gasteiger partial charge < -0.3 is 24.6 Å². The number of piperazine rings is 1. The lowest BCUT2D eigenvalue weighted by molar-refractivity contribution is -0.118. The second-order valence-electron chi connectivity index (χ2n) is 5.92. The molecule has 1 aliphatic heterocycles. The Bertz CT molecular complexity index is 804. The van der Waals surface area contributed by atoms with Crippen LogP contribution < -0.4 is 19.7 Å². The average Bonchev–Trinajstić information content (AvgIpc) is 2.73. The molecule has 1 fully saturated rings. The summed E-state index contributed by atoms with van der Waals surface area (Å²) < 4.78 is 10.4. The van der Waals surface area contributed by atoms with Gasteiger partial charge in [0, 0.05) is 50.3 Å². The van der Waals surface area contributed by atoms with Crippen molar-refractivity contribution < 1.29 is 19.1 Å². The molecule has 142 valence electrons. The molecule has 0 unspecified atom stereocenters. The molecule has 9 nitrogen and oxygen atoms in total. The lowest BCUT2D eigenvalue weighted by Gasteiger charge is -2.32. The van der Waals surface area contributed by atoms with Gasteiger partial charge in [-0.05, 0) is 12.1 Å². The maximum atomic E-state index is 12.4. The Morgan fingerprint density at radius 2 is 1.74 bits per heavy atom. The quantitative estimate of drug-likeness (QED) is 0.757. The minimum atomic E-state index is -0.320. The number of hydrogen-bond donors (Lipinski definition) is 1. The SMILES string of the molecule is COc1ccc(NC(=O)c2cnc(N3CCN(C=O)CC3)nc2)cc1OC. The smallest absolute Gasteiger partial charge is 0.258 e. The molecule has 0 bridgehead atoms. The third-order valence-electron chi connectivity index (χ3n) is 4.29. The van der Waals surface area contributed by atoms with Gasteiger partial charge in [-0.3, -0.25) is 9.59 Å². The van der Waals surface area contributed by atoms with Crippen LogP contribution in [-0.2, 0) is 4.79 Å². The number of methoxy groups -OCH3 is 2. The van der Waals surface area contributed by atoms with Crippen molar-refractivity contribution in [3.63, 3.8) is 0 Å². The summed E-state index contributed by atoms with van der Waals surface area (Å²) >= 11 is 0. The minimum Gasteiger partial charge on any atom is -0.493 e. The molecule has 1 aromatic heterocycles. The van der Waals surface area contributed by atoms with E-state index in [2.05, 4.69) is 15.3 Å². The summed E-state index contributed by atoms with van der Waals surface area (Å²) in [5.74, 6) is 1.33. The van der Waals surface area contributed by atoms with E-state index in [4.69, 9.17) is 9.47 Å². The topological polar surface area (TPSA) is 96.9 Å². The molecule has 27 heavy (non-hydrogen) atoms. The van der Waals surface area contributed by atoms with Crippen LogP contribution in [-0.4, -0.2) is 67.6 Å². The van der Waals surface area contributed by atoms with Gasteiger partial charge in [0.2, 0.25) is 12.4 Å². The predicted octanol–water partition coefficient (Wildman–Crippen LogP) is 1.02. The Morgan fingerprint density at radius 1 is 1.07 bits per heavy atom. The first-order valence-corrected chi connectivity index (χ1v) is 8.44. The molecule has 1 aliphatic rings. The monoisotopic (exact) mass is 371 g/mol. The van der Waals surface area contributed by atoms with Crippen molar-refractivity contribution >= 4 is 24.0 Å². The lowest BCUT2D eigenvalue weighted by atomic mass is 10.2. The van der Waals surface area contributed by atoms with Crippen LogP contribution in [0.15, 0.2) is 30.6 Å². The van der Waals surface area contributed by atoms with E-state index in [-0.39, 0.29) is 5.91 Å². The molecule has 2 heterocycles. The second-order valence-corrected chi connectivity index (χ2v) is 5.92. The number of ether oxygens (including phenoxy) is 2. The third-order valence-corrected chi connectivity index (χ3v) is 4.29. The maximum absolute atomic E-state index is 12.4. The Kier molecular flexibility index (Phi) is 5.70.